The number of hydrogen-bond acceptors (Lipinski definition) is 24. The van der Waals surface area contributed by atoms with E-state index in [1.54, 1.807) is 0 Å². The van der Waals surface area contributed by atoms with Gasteiger partial charge in [-0.25, -0.2) is 0 Å². The first-order valence-electron chi connectivity index (χ1n) is 34.9. The van der Waals surface area contributed by atoms with Crippen LogP contribution in [0.3, 0.4) is 0 Å². The van der Waals surface area contributed by atoms with Gasteiger partial charge in [0.2, 0.25) is 11.8 Å². The summed E-state index contributed by atoms with van der Waals surface area (Å²) in [5.41, 5.74) is -2.26. The maximum Gasteiger partial charge on any atom is 0.226 e. The van der Waals surface area contributed by atoms with Crippen molar-refractivity contribution in [3.63, 3.8) is 0 Å². The van der Waals surface area contributed by atoms with Crippen molar-refractivity contribution in [2.75, 3.05) is 39.5 Å². The van der Waals surface area contributed by atoms with Crippen LogP contribution in [0.15, 0.2) is 24.3 Å². The summed E-state index contributed by atoms with van der Waals surface area (Å²) in [4.78, 5) is 29.4. The first-order valence-corrected chi connectivity index (χ1v) is 34.9. The number of carbonyl (C=O) groups excluding carboxylic acids is 2. The minimum Gasteiger partial charge on any atom is -0.394 e. The second-order valence-corrected chi connectivity index (χ2v) is 32.0. The Kier molecular flexibility index (Phi) is 20.1. The Labute approximate surface area is 549 Å². The summed E-state index contributed by atoms with van der Waals surface area (Å²) in [6, 6.07) is 0. The first kappa shape index (κ1) is 71.4. The van der Waals surface area contributed by atoms with Crippen molar-refractivity contribution in [2.24, 2.45) is 56.2 Å². The second-order valence-electron chi connectivity index (χ2n) is 32.0. The third-order valence-corrected chi connectivity index (χ3v) is 27.1. The van der Waals surface area contributed by atoms with E-state index >= 15 is 0 Å². The summed E-state index contributed by atoms with van der Waals surface area (Å²) in [5, 5.41) is 155. The van der Waals surface area contributed by atoms with Gasteiger partial charge in [-0.05, 0) is 172 Å². The van der Waals surface area contributed by atoms with Crippen molar-refractivity contribution in [1.29, 1.82) is 0 Å². The SMILES string of the molecule is C=C1C[C@@]23CC[C@H]4[C@@](C)(CCC[C@@]4(C)C(=O)NCCCCNC(=O)[C@]4(C)CCC[C@@]5(C)[C@@H]6CC[C@]7(O[C@@H]8O[C@H](CO)[C@@H](O)[C@H](O)[C@H]8O[C@@H]8O[C@H](CO)[C@@H](O)[C@H](O)[C@H]8O)C[C@@]6(CC[C@@H]54)CC7=C)[C@@H]2CC[C@]1(O[C@@H]1O[C@H](CO)[C@@H](O)[C@H](O)[C@H]1O[C@@H]1O[C@H](CO)[C@@H](O)[C@H](O)[C@H]1O)C3. The zero-order valence-electron chi connectivity index (χ0n) is 55.0. The van der Waals surface area contributed by atoms with Gasteiger partial charge in [0.25, 0.3) is 0 Å². The highest BCUT2D eigenvalue weighted by atomic mass is 16.8. The molecule has 0 aromatic heterocycles. The molecule has 12 fully saturated rings. The third kappa shape index (κ3) is 11.5. The smallest absolute Gasteiger partial charge is 0.226 e. The van der Waals surface area contributed by atoms with Gasteiger partial charge in [0.1, 0.15) is 97.7 Å². The van der Waals surface area contributed by atoms with Crippen molar-refractivity contribution in [1.82, 2.24) is 10.6 Å². The lowest BCUT2D eigenvalue weighted by Crippen LogP contribution is -2.65. The minimum absolute atomic E-state index is 0.0505. The van der Waals surface area contributed by atoms with Crippen molar-refractivity contribution in [3.05, 3.63) is 24.3 Å². The fourth-order valence-electron chi connectivity index (χ4n) is 22.3. The molecule has 26 nitrogen and oxygen atoms in total. The van der Waals surface area contributed by atoms with E-state index in [2.05, 4.69) is 51.5 Å². The van der Waals surface area contributed by atoms with Crippen LogP contribution in [-0.4, -0.2) is 257 Å². The summed E-state index contributed by atoms with van der Waals surface area (Å²) in [6.45, 7) is 16.4. The van der Waals surface area contributed by atoms with E-state index in [-0.39, 0.29) is 57.1 Å². The fraction of sp³-hybridized carbons (Fsp3) is 0.912. The van der Waals surface area contributed by atoms with Crippen LogP contribution in [0, 0.1) is 56.2 Å². The van der Waals surface area contributed by atoms with Gasteiger partial charge in [0, 0.05) is 23.9 Å². The number of fused-ring (bicyclic) bond motifs is 6. The van der Waals surface area contributed by atoms with E-state index in [4.69, 9.17) is 37.9 Å². The van der Waals surface area contributed by atoms with Gasteiger partial charge in [-0.3, -0.25) is 9.59 Å². The number of hydrogen-bond donors (Lipinski definition) is 16. The lowest BCUT2D eigenvalue weighted by atomic mass is 9.40. The fourth-order valence-corrected chi connectivity index (χ4v) is 22.3. The Morgan fingerprint density at radius 1 is 0.436 bits per heavy atom. The first-order chi connectivity index (χ1) is 44.5. The topological polar surface area (TPSA) is 415 Å². The molecule has 4 saturated heterocycles. The summed E-state index contributed by atoms with van der Waals surface area (Å²) in [5.74, 6) is 0.763. The molecule has 4 aliphatic heterocycles. The Morgan fingerprint density at radius 3 is 1.12 bits per heavy atom. The Morgan fingerprint density at radius 2 is 0.766 bits per heavy atom. The Balaban J connectivity index is 0.641. The van der Waals surface area contributed by atoms with Crippen molar-refractivity contribution < 1.29 is 119 Å². The number of amides is 2. The van der Waals surface area contributed by atoms with E-state index in [9.17, 15) is 81.1 Å². The molecule has 0 aromatic carbocycles. The summed E-state index contributed by atoms with van der Waals surface area (Å²) in [7, 11) is 0. The molecule has 4 bridgehead atoms. The molecular formula is C68H108N2O24. The molecule has 16 N–H and O–H groups in total. The molecule has 0 radical (unpaired) electrons. The quantitative estimate of drug-likeness (QED) is 0.0439. The molecule has 4 heterocycles. The molecule has 94 heavy (non-hydrogen) atoms. The number of unbranched alkanes of at least 4 members (excludes halogenated alkanes) is 1. The van der Waals surface area contributed by atoms with E-state index in [1.807, 2.05) is 0 Å². The van der Waals surface area contributed by atoms with Gasteiger partial charge in [0.15, 0.2) is 25.2 Å². The molecule has 12 rings (SSSR count). The molecule has 32 atom stereocenters. The van der Waals surface area contributed by atoms with Gasteiger partial charge in [-0.15, -0.1) is 0 Å². The van der Waals surface area contributed by atoms with Crippen LogP contribution in [0.2, 0.25) is 0 Å². The zero-order valence-corrected chi connectivity index (χ0v) is 55.0. The highest BCUT2D eigenvalue weighted by Gasteiger charge is 2.71. The molecule has 0 aromatic rings. The summed E-state index contributed by atoms with van der Waals surface area (Å²) >= 11 is 0. The molecule has 2 amide bonds. The number of aliphatic hydroxyl groups excluding tert-OH is 14. The van der Waals surface area contributed by atoms with Crippen molar-refractivity contribution in [2.45, 2.75) is 290 Å². The standard InChI is InChI=1S/C68H108N2O24/c1-33-25-65-19-11-39-61(3,41(65)13-21-67(33,31-65)93-57-53(49(81)45(77)37(29-73)89-57)91-55-51(83)47(79)43(75)35(27-71)87-55)15-9-17-63(39,5)59(85)69-23-7-8-24-70-60(86)64(6)18-10-16-62(4)40(64)12-20-66-26-34(2)68(32-66,22-14-42(62)66)94-58-54(50(82)46(78)38(30-74)90-58)92-56-52(84)48(80)44(76)36(28-72)88-56/h35-58,71-84H,1-2,7-32H2,3-6H3,(H,69,85)(H,70,86)/t35-,36-,37-,38-,39+,40+,41+,42+,43-,44-,45-,46-,47+,48+,49+,50+,51-,52-,53-,54-,55+,56+,57+,58+,61-,62-,63-,64-,65-,66-,67+,68+/m1/s1. The van der Waals surface area contributed by atoms with E-state index < -0.39 is 171 Å². The van der Waals surface area contributed by atoms with Gasteiger partial charge < -0.3 is 120 Å². The maximum absolute atomic E-state index is 14.7. The number of nitrogens with one attached hydrogen (secondary N) is 2. The Bertz CT molecular complexity index is 2590. The molecule has 12 aliphatic rings. The largest absolute Gasteiger partial charge is 0.394 e. The summed E-state index contributed by atoms with van der Waals surface area (Å²) < 4.78 is 49.5. The number of carbonyl (C=O) groups is 2. The molecule has 26 heteroatoms. The molecular weight excluding hydrogens is 1230 g/mol. The zero-order chi connectivity index (χ0) is 67.6. The Hall–Kier alpha value is -2.46. The number of rotatable bonds is 19. The monoisotopic (exact) mass is 1340 g/mol. The van der Waals surface area contributed by atoms with E-state index in [0.29, 0.717) is 64.5 Å². The normalized spacial score (nSPS) is 53.0. The summed E-state index contributed by atoms with van der Waals surface area (Å²) in [6.07, 6.45) is -16.4. The average molecular weight is 1340 g/mol. The second kappa shape index (κ2) is 26.5. The predicted molar refractivity (Wildman–Crippen MR) is 328 cm³/mol. The van der Waals surface area contributed by atoms with Crippen LogP contribution in [0.25, 0.3) is 0 Å². The molecule has 2 spiro atoms. The van der Waals surface area contributed by atoms with Crippen LogP contribution in [0.5, 0.6) is 0 Å². The van der Waals surface area contributed by atoms with Crippen LogP contribution in [0.1, 0.15) is 156 Å². The minimum atomic E-state index is -1.80. The van der Waals surface area contributed by atoms with Crippen LogP contribution < -0.4 is 10.6 Å². The van der Waals surface area contributed by atoms with Gasteiger partial charge in [0.05, 0.1) is 37.6 Å². The maximum atomic E-state index is 14.7. The van der Waals surface area contributed by atoms with Gasteiger partial charge in [-0.1, -0.05) is 53.7 Å². The average Bonchev–Trinajstić information content (AvgIpc) is 1.43. The predicted octanol–water partition coefficient (Wildman–Crippen LogP) is -0.536. The lowest BCUT2D eigenvalue weighted by Gasteiger charge is -2.64. The van der Waals surface area contributed by atoms with E-state index in [1.165, 1.54) is 0 Å². The van der Waals surface area contributed by atoms with Crippen molar-refractivity contribution >= 4 is 11.8 Å². The highest BCUT2D eigenvalue weighted by molar-refractivity contribution is 5.83. The van der Waals surface area contributed by atoms with Crippen LogP contribution >= 0.6 is 0 Å². The van der Waals surface area contributed by atoms with E-state index in [0.717, 1.165) is 88.2 Å². The van der Waals surface area contributed by atoms with Crippen LogP contribution in [-0.2, 0) is 47.5 Å². The molecule has 534 valence electrons. The highest BCUT2D eigenvalue weighted by Crippen LogP contribution is 2.76. The van der Waals surface area contributed by atoms with Gasteiger partial charge in [-0.2, -0.15) is 0 Å². The molecule has 0 unspecified atom stereocenters. The molecule has 8 aliphatic carbocycles. The third-order valence-electron chi connectivity index (χ3n) is 27.1. The lowest BCUT2D eigenvalue weighted by molar-refractivity contribution is -0.378. The molecule has 8 saturated carbocycles. The number of ether oxygens (including phenoxy) is 8. The number of aliphatic hydroxyl groups is 14. The van der Waals surface area contributed by atoms with Crippen molar-refractivity contribution in [3.8, 4) is 0 Å². The van der Waals surface area contributed by atoms with Gasteiger partial charge >= 0.3 is 0 Å². The van der Waals surface area contributed by atoms with Crippen LogP contribution in [0.4, 0.5) is 0 Å².